The van der Waals surface area contributed by atoms with Crippen molar-refractivity contribution in [2.75, 3.05) is 18.7 Å². The monoisotopic (exact) mass is 464 g/mol. The van der Waals surface area contributed by atoms with Crippen molar-refractivity contribution >= 4 is 23.4 Å². The Balaban J connectivity index is 2.01. The topological polar surface area (TPSA) is 60.5 Å². The second-order valence-electron chi connectivity index (χ2n) is 8.30. The highest BCUT2D eigenvalue weighted by atomic mass is 32.2. The van der Waals surface area contributed by atoms with Gasteiger partial charge >= 0.3 is 6.61 Å². The van der Waals surface area contributed by atoms with Crippen LogP contribution < -0.4 is 14.8 Å². The predicted octanol–water partition coefficient (Wildman–Crippen LogP) is 6.00. The molecule has 1 aliphatic carbocycles. The van der Waals surface area contributed by atoms with Gasteiger partial charge in [0.15, 0.2) is 0 Å². The van der Waals surface area contributed by atoms with Crippen LogP contribution in [0.3, 0.4) is 0 Å². The smallest absolute Gasteiger partial charge is 0.388 e. The first-order valence-corrected chi connectivity index (χ1v) is 12.0. The molecule has 0 radical (unpaired) electrons. The summed E-state index contributed by atoms with van der Waals surface area (Å²) in [7, 11) is 1.38. The van der Waals surface area contributed by atoms with Gasteiger partial charge in [0.05, 0.1) is 12.5 Å². The zero-order chi connectivity index (χ0) is 23.3. The normalized spacial score (nSPS) is 20.9. The van der Waals surface area contributed by atoms with Crippen LogP contribution in [0.1, 0.15) is 56.6 Å². The summed E-state index contributed by atoms with van der Waals surface area (Å²) in [6.45, 7) is 1.15. The van der Waals surface area contributed by atoms with Gasteiger partial charge in [-0.05, 0) is 55.1 Å². The maximum atomic E-state index is 13.8. The zero-order valence-corrected chi connectivity index (χ0v) is 19.7. The van der Waals surface area contributed by atoms with Gasteiger partial charge in [-0.3, -0.25) is 4.79 Å². The fourth-order valence-electron chi connectivity index (χ4n) is 4.42. The van der Waals surface area contributed by atoms with Crippen molar-refractivity contribution in [2.45, 2.75) is 62.7 Å². The van der Waals surface area contributed by atoms with E-state index in [-0.39, 0.29) is 29.3 Å². The van der Waals surface area contributed by atoms with Crippen LogP contribution >= 0.6 is 11.8 Å². The van der Waals surface area contributed by atoms with Crippen molar-refractivity contribution < 1.29 is 23.0 Å². The van der Waals surface area contributed by atoms with E-state index >= 15 is 0 Å². The second-order valence-corrected chi connectivity index (χ2v) is 9.44. The molecule has 1 saturated carbocycles. The first kappa shape index (κ1) is 24.3. The number of methoxy groups -OCH3 is 1. The predicted molar refractivity (Wildman–Crippen MR) is 124 cm³/mol. The molecule has 174 valence electrons. The third-order valence-corrected chi connectivity index (χ3v) is 7.28. The largest absolute Gasteiger partial charge is 0.481 e. The molecular weight excluding hydrogens is 434 g/mol. The third kappa shape index (κ3) is 5.17. The molecule has 1 aromatic heterocycles. The van der Waals surface area contributed by atoms with Crippen LogP contribution in [0.2, 0.25) is 0 Å². The molecule has 0 aliphatic heterocycles. The van der Waals surface area contributed by atoms with E-state index in [4.69, 9.17) is 4.74 Å². The molecule has 1 fully saturated rings. The molecule has 0 bridgehead atoms. The van der Waals surface area contributed by atoms with Gasteiger partial charge in [0, 0.05) is 11.3 Å². The highest BCUT2D eigenvalue weighted by Crippen LogP contribution is 2.46. The third-order valence-electron chi connectivity index (χ3n) is 6.15. The van der Waals surface area contributed by atoms with Crippen LogP contribution in [0.25, 0.3) is 0 Å². The molecule has 0 spiro atoms. The number of hydrogen-bond acceptors (Lipinski definition) is 5. The number of rotatable bonds is 8. The summed E-state index contributed by atoms with van der Waals surface area (Å²) in [5.41, 5.74) is 1.48. The molecule has 0 unspecified atom stereocenters. The number of amides is 1. The molecule has 2 aromatic rings. The van der Waals surface area contributed by atoms with Crippen LogP contribution in [0, 0.1) is 0 Å². The number of carbonyl (C=O) groups is 1. The number of aromatic nitrogens is 1. The minimum atomic E-state index is -3.07. The van der Waals surface area contributed by atoms with Gasteiger partial charge in [0.25, 0.3) is 0 Å². The van der Waals surface area contributed by atoms with Crippen LogP contribution in [0.4, 0.5) is 14.5 Å². The molecule has 1 aromatic carbocycles. The van der Waals surface area contributed by atoms with E-state index in [0.29, 0.717) is 18.1 Å². The minimum Gasteiger partial charge on any atom is -0.481 e. The van der Waals surface area contributed by atoms with Crippen molar-refractivity contribution in [3.8, 4) is 11.8 Å². The van der Waals surface area contributed by atoms with E-state index in [9.17, 15) is 13.6 Å². The van der Waals surface area contributed by atoms with Gasteiger partial charge < -0.3 is 14.8 Å². The molecule has 1 aliphatic rings. The Morgan fingerprint density at radius 1 is 1.19 bits per heavy atom. The Bertz CT molecular complexity index is 931. The number of alkyl halides is 2. The summed E-state index contributed by atoms with van der Waals surface area (Å²) in [6, 6.07) is 11.0. The Labute approximate surface area is 192 Å². The second kappa shape index (κ2) is 10.5. The molecule has 1 N–H and O–H groups in total. The van der Waals surface area contributed by atoms with Crippen molar-refractivity contribution in [1.82, 2.24) is 4.98 Å². The van der Waals surface area contributed by atoms with Gasteiger partial charge in [0.1, 0.15) is 5.69 Å². The number of anilines is 1. The number of pyridine rings is 1. The number of nitrogens with one attached hydrogen (secondary N) is 1. The Hall–Kier alpha value is -2.35. The molecule has 5 nitrogen and oxygen atoms in total. The van der Waals surface area contributed by atoms with Gasteiger partial charge in [-0.25, -0.2) is 0 Å². The first-order chi connectivity index (χ1) is 15.3. The molecule has 8 heteroatoms. The number of benzene rings is 1. The van der Waals surface area contributed by atoms with Crippen molar-refractivity contribution in [1.29, 1.82) is 0 Å². The molecule has 1 amide bonds. The minimum absolute atomic E-state index is 0.101. The fraction of sp³-hybridized carbons (Fsp3) is 0.500. The molecule has 0 saturated heterocycles. The number of halogens is 2. The molecule has 1 heterocycles. The summed E-state index contributed by atoms with van der Waals surface area (Å²) in [4.78, 5) is 17.8. The van der Waals surface area contributed by atoms with Gasteiger partial charge in [-0.15, -0.1) is 0 Å². The summed E-state index contributed by atoms with van der Waals surface area (Å²) in [5.74, 6) is -0.220. The Morgan fingerprint density at radius 2 is 1.88 bits per heavy atom. The fourth-order valence-corrected chi connectivity index (χ4v) is 5.13. The number of carbonyl (C=O) groups excluding carboxylic acids is 1. The lowest BCUT2D eigenvalue weighted by Crippen LogP contribution is -2.44. The van der Waals surface area contributed by atoms with Gasteiger partial charge in [0.2, 0.25) is 17.7 Å². The average molecular weight is 465 g/mol. The maximum Gasteiger partial charge on any atom is 0.388 e. The molecule has 3 rings (SSSR count). The lowest BCUT2D eigenvalue weighted by Gasteiger charge is -2.40. The van der Waals surface area contributed by atoms with E-state index in [1.807, 2.05) is 30.0 Å². The lowest BCUT2D eigenvalue weighted by atomic mass is 9.66. The number of ether oxygens (including phenoxy) is 2. The van der Waals surface area contributed by atoms with Crippen LogP contribution in [0.5, 0.6) is 11.8 Å². The number of thioether (sulfide) groups is 1. The van der Waals surface area contributed by atoms with E-state index in [2.05, 4.69) is 41.2 Å². The SMILES string of the molecule is COc1ccc(NC(=O)C2(c3ccccc3C(C)C)CCC(SC)CC2)c(OC(F)F)n1. The summed E-state index contributed by atoms with van der Waals surface area (Å²) >= 11 is 1.82. The van der Waals surface area contributed by atoms with Crippen molar-refractivity contribution in [3.63, 3.8) is 0 Å². The van der Waals surface area contributed by atoms with Crippen LogP contribution in [-0.2, 0) is 10.2 Å². The van der Waals surface area contributed by atoms with Crippen LogP contribution in [0.15, 0.2) is 36.4 Å². The molecular formula is C24H30F2N2O3S. The van der Waals surface area contributed by atoms with E-state index < -0.39 is 12.0 Å². The number of nitrogens with zero attached hydrogens (tertiary/aromatic N) is 1. The summed E-state index contributed by atoms with van der Waals surface area (Å²) in [6.07, 6.45) is 5.27. The van der Waals surface area contributed by atoms with Crippen molar-refractivity contribution in [2.24, 2.45) is 0 Å². The standard InChI is InChI=1S/C24H30F2N2O3S/c1-15(2)17-7-5-6-8-18(17)24(13-11-16(32-4)12-14-24)22(29)27-19-9-10-20(30-3)28-21(19)31-23(25)26/h5-10,15-16,23H,11-14H2,1-4H3,(H,27,29). The Kier molecular flexibility index (Phi) is 7.98. The van der Waals surface area contributed by atoms with Gasteiger partial charge in [-0.2, -0.15) is 25.5 Å². The van der Waals surface area contributed by atoms with E-state index in [1.165, 1.54) is 19.2 Å². The van der Waals surface area contributed by atoms with Crippen molar-refractivity contribution in [3.05, 3.63) is 47.5 Å². The summed E-state index contributed by atoms with van der Waals surface area (Å²) < 4.78 is 35.5. The Morgan fingerprint density at radius 3 is 2.47 bits per heavy atom. The quantitative estimate of drug-likeness (QED) is 0.519. The average Bonchev–Trinajstić information content (AvgIpc) is 2.79. The summed E-state index contributed by atoms with van der Waals surface area (Å²) in [5, 5.41) is 3.36. The maximum absolute atomic E-state index is 13.8. The first-order valence-electron chi connectivity index (χ1n) is 10.7. The highest BCUT2D eigenvalue weighted by Gasteiger charge is 2.44. The van der Waals surface area contributed by atoms with Gasteiger partial charge in [-0.1, -0.05) is 38.1 Å². The molecule has 0 atom stereocenters. The zero-order valence-electron chi connectivity index (χ0n) is 18.9. The molecule has 32 heavy (non-hydrogen) atoms. The highest BCUT2D eigenvalue weighted by molar-refractivity contribution is 7.99. The lowest BCUT2D eigenvalue weighted by molar-refractivity contribution is -0.122. The number of hydrogen-bond donors (Lipinski definition) is 1. The van der Waals surface area contributed by atoms with E-state index in [1.54, 1.807) is 0 Å². The van der Waals surface area contributed by atoms with Crippen LogP contribution in [-0.4, -0.2) is 36.1 Å². The van der Waals surface area contributed by atoms with E-state index in [0.717, 1.165) is 24.0 Å².